The van der Waals surface area contributed by atoms with Gasteiger partial charge in [-0.3, -0.25) is 4.90 Å². The third-order valence-corrected chi connectivity index (χ3v) is 2.83. The molecule has 0 aliphatic heterocycles. The van der Waals surface area contributed by atoms with E-state index in [4.69, 9.17) is 25.7 Å². The Morgan fingerprint density at radius 3 is 1.70 bits per heavy atom. The van der Waals surface area contributed by atoms with Gasteiger partial charge in [0.05, 0.1) is 33.0 Å². The summed E-state index contributed by atoms with van der Waals surface area (Å²) < 4.78 is 16.3. The maximum Gasteiger partial charge on any atom is 0.0701 e. The van der Waals surface area contributed by atoms with E-state index in [0.717, 1.165) is 32.7 Å². The van der Waals surface area contributed by atoms with Crippen molar-refractivity contribution in [2.45, 2.75) is 19.8 Å². The molecule has 0 heterocycles. The quantitative estimate of drug-likeness (QED) is 0.391. The highest BCUT2D eigenvalue weighted by atomic mass is 16.5. The first kappa shape index (κ1) is 19.8. The van der Waals surface area contributed by atoms with E-state index in [1.807, 2.05) is 0 Å². The zero-order valence-corrected chi connectivity index (χ0v) is 13.0. The molecule has 0 aliphatic carbocycles. The second-order valence-electron chi connectivity index (χ2n) is 4.61. The summed E-state index contributed by atoms with van der Waals surface area (Å²) in [7, 11) is 0. The van der Waals surface area contributed by atoms with Gasteiger partial charge in [0.1, 0.15) is 0 Å². The van der Waals surface area contributed by atoms with Gasteiger partial charge in [-0.2, -0.15) is 0 Å². The van der Waals surface area contributed by atoms with E-state index in [0.29, 0.717) is 46.1 Å². The van der Waals surface area contributed by atoms with Gasteiger partial charge in [0, 0.05) is 39.3 Å². The van der Waals surface area contributed by atoms with Gasteiger partial charge in [-0.1, -0.05) is 13.3 Å². The van der Waals surface area contributed by atoms with Gasteiger partial charge in [-0.05, 0) is 6.42 Å². The summed E-state index contributed by atoms with van der Waals surface area (Å²) in [4.78, 5) is 2.21. The zero-order chi connectivity index (χ0) is 14.9. The molecule has 0 unspecified atom stereocenters. The topological polar surface area (TPSA) is 83.0 Å². The minimum atomic E-state index is 0.616. The summed E-state index contributed by atoms with van der Waals surface area (Å²) >= 11 is 0. The van der Waals surface area contributed by atoms with E-state index >= 15 is 0 Å². The van der Waals surface area contributed by atoms with Crippen molar-refractivity contribution in [3.8, 4) is 0 Å². The predicted octanol–water partition coefficient (Wildman–Crippen LogP) is 0.0557. The van der Waals surface area contributed by atoms with Gasteiger partial charge in [-0.25, -0.2) is 0 Å². The molecule has 122 valence electrons. The number of nitrogens with zero attached hydrogens (tertiary/aromatic N) is 1. The van der Waals surface area contributed by atoms with Crippen LogP contribution in [-0.4, -0.2) is 77.3 Å². The molecule has 0 aliphatic rings. The van der Waals surface area contributed by atoms with Crippen molar-refractivity contribution in [1.82, 2.24) is 4.90 Å². The lowest BCUT2D eigenvalue weighted by atomic mass is 10.4. The number of rotatable bonds is 16. The summed E-state index contributed by atoms with van der Waals surface area (Å²) in [6, 6.07) is 0. The first-order valence-corrected chi connectivity index (χ1v) is 7.70. The largest absolute Gasteiger partial charge is 0.379 e. The van der Waals surface area contributed by atoms with Crippen LogP contribution in [0.25, 0.3) is 0 Å². The Morgan fingerprint density at radius 2 is 1.20 bits per heavy atom. The van der Waals surface area contributed by atoms with Crippen LogP contribution in [0.3, 0.4) is 0 Å². The number of hydrogen-bond donors (Lipinski definition) is 2. The molecule has 20 heavy (non-hydrogen) atoms. The fourth-order valence-electron chi connectivity index (χ4n) is 1.68. The van der Waals surface area contributed by atoms with Crippen LogP contribution in [0.15, 0.2) is 0 Å². The molecule has 0 saturated heterocycles. The van der Waals surface area contributed by atoms with Crippen molar-refractivity contribution in [3.63, 3.8) is 0 Å². The molecule has 0 amide bonds. The lowest BCUT2D eigenvalue weighted by Gasteiger charge is -2.20. The Bertz CT molecular complexity index is 179. The van der Waals surface area contributed by atoms with Crippen molar-refractivity contribution in [3.05, 3.63) is 0 Å². The molecule has 0 fully saturated rings. The zero-order valence-electron chi connectivity index (χ0n) is 13.0. The third-order valence-electron chi connectivity index (χ3n) is 2.83. The van der Waals surface area contributed by atoms with Crippen LogP contribution in [0, 0.1) is 0 Å². The van der Waals surface area contributed by atoms with E-state index in [9.17, 15) is 0 Å². The van der Waals surface area contributed by atoms with Crippen LogP contribution in [0.5, 0.6) is 0 Å². The second-order valence-corrected chi connectivity index (χ2v) is 4.61. The fraction of sp³-hybridized carbons (Fsp3) is 1.00. The average Bonchev–Trinajstić information content (AvgIpc) is 2.45. The second kappa shape index (κ2) is 16.8. The predicted molar refractivity (Wildman–Crippen MR) is 81.9 cm³/mol. The highest BCUT2D eigenvalue weighted by Crippen LogP contribution is 1.89. The Hall–Kier alpha value is -0.240. The van der Waals surface area contributed by atoms with Crippen molar-refractivity contribution in [1.29, 1.82) is 0 Å². The molecule has 0 bridgehead atoms. The summed E-state index contributed by atoms with van der Waals surface area (Å²) in [5, 5.41) is 0. The minimum Gasteiger partial charge on any atom is -0.379 e. The van der Waals surface area contributed by atoms with Gasteiger partial charge in [0.15, 0.2) is 0 Å². The lowest BCUT2D eigenvalue weighted by molar-refractivity contribution is 0.0104. The van der Waals surface area contributed by atoms with Crippen LogP contribution in [0.2, 0.25) is 0 Å². The summed E-state index contributed by atoms with van der Waals surface area (Å²) in [6.07, 6.45) is 2.28. The van der Waals surface area contributed by atoms with Crippen LogP contribution in [0.4, 0.5) is 0 Å². The fourth-order valence-corrected chi connectivity index (χ4v) is 1.68. The number of ether oxygens (including phenoxy) is 3. The summed E-state index contributed by atoms with van der Waals surface area (Å²) in [6.45, 7) is 10.1. The minimum absolute atomic E-state index is 0.616. The SMILES string of the molecule is CCCCOCCOCCOCCN(CCN)CCN. The summed E-state index contributed by atoms with van der Waals surface area (Å²) in [5.41, 5.74) is 11.1. The third kappa shape index (κ3) is 14.2. The van der Waals surface area contributed by atoms with E-state index in [2.05, 4.69) is 11.8 Å². The van der Waals surface area contributed by atoms with Crippen LogP contribution < -0.4 is 11.5 Å². The molecule has 0 radical (unpaired) electrons. The summed E-state index contributed by atoms with van der Waals surface area (Å²) in [5.74, 6) is 0. The lowest BCUT2D eigenvalue weighted by Crippen LogP contribution is -2.36. The van der Waals surface area contributed by atoms with Crippen LogP contribution in [0.1, 0.15) is 19.8 Å². The van der Waals surface area contributed by atoms with Crippen LogP contribution >= 0.6 is 0 Å². The molecule has 0 aromatic carbocycles. The van der Waals surface area contributed by atoms with Gasteiger partial charge in [0.25, 0.3) is 0 Å². The number of unbranched alkanes of at least 4 members (excludes halogenated alkanes) is 1. The van der Waals surface area contributed by atoms with Gasteiger partial charge >= 0.3 is 0 Å². The van der Waals surface area contributed by atoms with Gasteiger partial charge < -0.3 is 25.7 Å². The maximum atomic E-state index is 5.53. The smallest absolute Gasteiger partial charge is 0.0701 e. The van der Waals surface area contributed by atoms with E-state index in [1.54, 1.807) is 0 Å². The average molecular weight is 291 g/mol. The molecule has 0 saturated carbocycles. The molecular formula is C14H33N3O3. The van der Waals surface area contributed by atoms with Gasteiger partial charge in [0.2, 0.25) is 0 Å². The van der Waals surface area contributed by atoms with Crippen molar-refractivity contribution >= 4 is 0 Å². The molecule has 6 heteroatoms. The van der Waals surface area contributed by atoms with Gasteiger partial charge in [-0.15, -0.1) is 0 Å². The monoisotopic (exact) mass is 291 g/mol. The van der Waals surface area contributed by atoms with E-state index in [-0.39, 0.29) is 0 Å². The van der Waals surface area contributed by atoms with E-state index in [1.165, 1.54) is 6.42 Å². The molecule has 0 aromatic heterocycles. The molecular weight excluding hydrogens is 258 g/mol. The highest BCUT2D eigenvalue weighted by molar-refractivity contribution is 4.58. The molecule has 0 atom stereocenters. The Balaban J connectivity index is 3.18. The molecule has 0 rings (SSSR count). The first-order valence-electron chi connectivity index (χ1n) is 7.70. The molecule has 0 spiro atoms. The first-order chi connectivity index (χ1) is 9.85. The number of nitrogens with two attached hydrogens (primary N) is 2. The molecule has 0 aromatic rings. The normalized spacial score (nSPS) is 11.4. The molecule has 4 N–H and O–H groups in total. The number of hydrogen-bond acceptors (Lipinski definition) is 6. The Labute approximate surface area is 123 Å². The Kier molecular flexibility index (Phi) is 16.6. The molecule has 6 nitrogen and oxygen atoms in total. The Morgan fingerprint density at radius 1 is 0.700 bits per heavy atom. The van der Waals surface area contributed by atoms with E-state index < -0.39 is 0 Å². The van der Waals surface area contributed by atoms with Crippen LogP contribution in [-0.2, 0) is 14.2 Å². The standard InChI is InChI=1S/C14H33N3O3/c1-2-3-9-18-11-13-20-14-12-19-10-8-17(6-4-15)7-5-16/h2-16H2,1H3. The highest BCUT2D eigenvalue weighted by Gasteiger charge is 2.01. The maximum absolute atomic E-state index is 5.53. The van der Waals surface area contributed by atoms with Crippen molar-refractivity contribution in [2.75, 3.05) is 72.4 Å². The van der Waals surface area contributed by atoms with Crippen molar-refractivity contribution < 1.29 is 14.2 Å². The van der Waals surface area contributed by atoms with Crippen molar-refractivity contribution in [2.24, 2.45) is 11.5 Å².